The van der Waals surface area contributed by atoms with Crippen LogP contribution in [0.5, 0.6) is 0 Å². The maximum Gasteiger partial charge on any atom is 0.411 e. The second kappa shape index (κ2) is 7.49. The molecule has 0 saturated heterocycles. The van der Waals surface area contributed by atoms with Crippen LogP contribution in [0.3, 0.4) is 0 Å². The van der Waals surface area contributed by atoms with Crippen LogP contribution in [0.2, 0.25) is 0 Å². The SMILES string of the molecule is CCC(Br)C(C)CCCOCC(F)(F)F. The van der Waals surface area contributed by atoms with Crippen molar-refractivity contribution < 1.29 is 17.9 Å². The van der Waals surface area contributed by atoms with E-state index in [0.717, 1.165) is 12.8 Å². The van der Waals surface area contributed by atoms with Gasteiger partial charge >= 0.3 is 6.18 Å². The van der Waals surface area contributed by atoms with E-state index >= 15 is 0 Å². The highest BCUT2D eigenvalue weighted by Crippen LogP contribution is 2.21. The Kier molecular flexibility index (Phi) is 7.61. The summed E-state index contributed by atoms with van der Waals surface area (Å²) in [5, 5.41) is 0. The van der Waals surface area contributed by atoms with E-state index in [1.165, 1.54) is 0 Å². The molecule has 0 aromatic rings. The third-order valence-corrected chi connectivity index (χ3v) is 3.77. The Labute approximate surface area is 97.5 Å². The van der Waals surface area contributed by atoms with Crippen molar-refractivity contribution >= 4 is 15.9 Å². The second-order valence-electron chi connectivity index (χ2n) is 3.71. The van der Waals surface area contributed by atoms with E-state index < -0.39 is 12.8 Å². The Morgan fingerprint density at radius 3 is 2.40 bits per heavy atom. The van der Waals surface area contributed by atoms with Crippen LogP contribution in [0.25, 0.3) is 0 Å². The minimum atomic E-state index is -4.20. The first kappa shape index (κ1) is 15.2. The Balaban J connectivity index is 3.39. The van der Waals surface area contributed by atoms with Crippen LogP contribution in [0.1, 0.15) is 33.1 Å². The first-order chi connectivity index (χ1) is 6.87. The molecule has 0 heterocycles. The number of hydrogen-bond acceptors (Lipinski definition) is 1. The van der Waals surface area contributed by atoms with Crippen molar-refractivity contribution in [2.45, 2.75) is 44.1 Å². The molecule has 0 aromatic heterocycles. The van der Waals surface area contributed by atoms with Crippen molar-refractivity contribution in [2.24, 2.45) is 5.92 Å². The summed E-state index contributed by atoms with van der Waals surface area (Å²) in [6.45, 7) is 3.23. The summed E-state index contributed by atoms with van der Waals surface area (Å²) in [6.07, 6.45) is -1.60. The van der Waals surface area contributed by atoms with Crippen LogP contribution >= 0.6 is 15.9 Å². The topological polar surface area (TPSA) is 9.23 Å². The fourth-order valence-electron chi connectivity index (χ4n) is 1.28. The Morgan fingerprint density at radius 1 is 1.33 bits per heavy atom. The highest BCUT2D eigenvalue weighted by molar-refractivity contribution is 9.09. The van der Waals surface area contributed by atoms with Crippen LogP contribution in [-0.2, 0) is 4.74 Å². The molecule has 0 fully saturated rings. The van der Waals surface area contributed by atoms with Crippen LogP contribution in [0, 0.1) is 5.92 Å². The summed E-state index contributed by atoms with van der Waals surface area (Å²) in [4.78, 5) is 0.445. The zero-order valence-corrected chi connectivity index (χ0v) is 10.7. The number of ether oxygens (including phenoxy) is 1. The van der Waals surface area contributed by atoms with Crippen molar-refractivity contribution in [1.29, 1.82) is 0 Å². The van der Waals surface area contributed by atoms with Gasteiger partial charge in [0.15, 0.2) is 0 Å². The molecule has 0 amide bonds. The van der Waals surface area contributed by atoms with Gasteiger partial charge in [-0.3, -0.25) is 0 Å². The molecule has 0 N–H and O–H groups in total. The van der Waals surface area contributed by atoms with Gasteiger partial charge in [-0.25, -0.2) is 0 Å². The lowest BCUT2D eigenvalue weighted by molar-refractivity contribution is -0.174. The molecule has 0 bridgehead atoms. The molecule has 0 aromatic carbocycles. The maximum absolute atomic E-state index is 11.7. The average Bonchev–Trinajstić information content (AvgIpc) is 2.14. The molecule has 15 heavy (non-hydrogen) atoms. The molecule has 2 atom stereocenters. The molecule has 0 saturated carbocycles. The largest absolute Gasteiger partial charge is 0.411 e. The van der Waals surface area contributed by atoms with E-state index in [-0.39, 0.29) is 6.61 Å². The lowest BCUT2D eigenvalue weighted by Crippen LogP contribution is -2.18. The van der Waals surface area contributed by atoms with Gasteiger partial charge in [0.25, 0.3) is 0 Å². The van der Waals surface area contributed by atoms with E-state index in [0.29, 0.717) is 17.2 Å². The fourth-order valence-corrected chi connectivity index (χ4v) is 1.54. The van der Waals surface area contributed by atoms with Gasteiger partial charge in [0, 0.05) is 11.4 Å². The molecular weight excluding hydrogens is 273 g/mol. The summed E-state index contributed by atoms with van der Waals surface area (Å²) in [7, 11) is 0. The summed E-state index contributed by atoms with van der Waals surface area (Å²) >= 11 is 3.52. The van der Waals surface area contributed by atoms with E-state index in [4.69, 9.17) is 0 Å². The fraction of sp³-hybridized carbons (Fsp3) is 1.00. The van der Waals surface area contributed by atoms with Gasteiger partial charge in [0.2, 0.25) is 0 Å². The highest BCUT2D eigenvalue weighted by Gasteiger charge is 2.27. The van der Waals surface area contributed by atoms with Gasteiger partial charge < -0.3 is 4.74 Å². The molecular formula is C10H18BrF3O. The molecule has 0 aliphatic heterocycles. The van der Waals surface area contributed by atoms with Crippen molar-refractivity contribution in [2.75, 3.05) is 13.2 Å². The molecule has 92 valence electrons. The summed E-state index contributed by atoms with van der Waals surface area (Å²) in [5.74, 6) is 0.476. The van der Waals surface area contributed by atoms with E-state index in [9.17, 15) is 13.2 Å². The summed E-state index contributed by atoms with van der Waals surface area (Å²) < 4.78 is 39.6. The average molecular weight is 291 g/mol. The first-order valence-corrected chi connectivity index (χ1v) is 6.07. The summed E-state index contributed by atoms with van der Waals surface area (Å²) in [6, 6.07) is 0. The number of alkyl halides is 4. The number of rotatable bonds is 7. The van der Waals surface area contributed by atoms with Crippen molar-refractivity contribution in [3.63, 3.8) is 0 Å². The Morgan fingerprint density at radius 2 is 1.93 bits per heavy atom. The van der Waals surface area contributed by atoms with Crippen LogP contribution in [-0.4, -0.2) is 24.2 Å². The molecule has 2 unspecified atom stereocenters. The molecule has 0 rings (SSSR count). The Hall–Kier alpha value is 0.230. The maximum atomic E-state index is 11.7. The zero-order valence-electron chi connectivity index (χ0n) is 9.11. The van der Waals surface area contributed by atoms with Crippen LogP contribution < -0.4 is 0 Å². The smallest absolute Gasteiger partial charge is 0.372 e. The quantitative estimate of drug-likeness (QED) is 0.505. The third-order valence-electron chi connectivity index (χ3n) is 2.22. The lowest BCUT2D eigenvalue weighted by atomic mass is 10.0. The lowest BCUT2D eigenvalue weighted by Gasteiger charge is -2.16. The molecule has 0 aliphatic rings. The number of halogens is 4. The van der Waals surface area contributed by atoms with Gasteiger partial charge in [-0.15, -0.1) is 0 Å². The number of hydrogen-bond donors (Lipinski definition) is 0. The van der Waals surface area contributed by atoms with Gasteiger partial charge in [-0.2, -0.15) is 13.2 Å². The van der Waals surface area contributed by atoms with Crippen LogP contribution in [0.15, 0.2) is 0 Å². The second-order valence-corrected chi connectivity index (χ2v) is 4.89. The van der Waals surface area contributed by atoms with E-state index in [1.54, 1.807) is 0 Å². The molecule has 0 spiro atoms. The molecule has 5 heteroatoms. The van der Waals surface area contributed by atoms with Crippen molar-refractivity contribution in [3.05, 3.63) is 0 Å². The zero-order chi connectivity index (χ0) is 11.9. The molecule has 1 nitrogen and oxygen atoms in total. The third kappa shape index (κ3) is 9.18. The highest BCUT2D eigenvalue weighted by atomic mass is 79.9. The van der Waals surface area contributed by atoms with Crippen molar-refractivity contribution in [1.82, 2.24) is 0 Å². The predicted molar refractivity (Wildman–Crippen MR) is 58.3 cm³/mol. The molecule has 0 radical (unpaired) electrons. The first-order valence-electron chi connectivity index (χ1n) is 5.15. The minimum absolute atomic E-state index is 0.188. The monoisotopic (exact) mass is 290 g/mol. The van der Waals surface area contributed by atoms with E-state index in [1.807, 2.05) is 0 Å². The van der Waals surface area contributed by atoms with Crippen LogP contribution in [0.4, 0.5) is 13.2 Å². The minimum Gasteiger partial charge on any atom is -0.372 e. The predicted octanol–water partition coefficient (Wildman–Crippen LogP) is 4.16. The standard InChI is InChI=1S/C10H18BrF3O/c1-3-9(11)8(2)5-4-6-15-7-10(12,13)14/h8-9H,3-7H2,1-2H3. The summed E-state index contributed by atoms with van der Waals surface area (Å²) in [5.41, 5.74) is 0. The van der Waals surface area contributed by atoms with E-state index in [2.05, 4.69) is 34.5 Å². The van der Waals surface area contributed by atoms with Gasteiger partial charge in [0.1, 0.15) is 6.61 Å². The van der Waals surface area contributed by atoms with Crippen molar-refractivity contribution in [3.8, 4) is 0 Å². The van der Waals surface area contributed by atoms with Gasteiger partial charge in [-0.05, 0) is 25.2 Å². The van der Waals surface area contributed by atoms with Gasteiger partial charge in [-0.1, -0.05) is 29.8 Å². The molecule has 0 aliphatic carbocycles. The Bertz CT molecular complexity index is 161. The normalized spacial score (nSPS) is 16.4. The van der Waals surface area contributed by atoms with Gasteiger partial charge in [0.05, 0.1) is 0 Å².